The molecule has 1 atom stereocenters. The van der Waals surface area contributed by atoms with Gasteiger partial charge in [-0.25, -0.2) is 0 Å². The van der Waals surface area contributed by atoms with Crippen LogP contribution in [0.2, 0.25) is 0 Å². The van der Waals surface area contributed by atoms with E-state index >= 15 is 0 Å². The van der Waals surface area contributed by atoms with Gasteiger partial charge in [-0.3, -0.25) is 9.59 Å². The van der Waals surface area contributed by atoms with Crippen molar-refractivity contribution in [2.24, 2.45) is 11.8 Å². The van der Waals surface area contributed by atoms with Crippen molar-refractivity contribution in [3.63, 3.8) is 0 Å². The molecule has 72 valence electrons. The second-order valence-electron chi connectivity index (χ2n) is 3.66. The van der Waals surface area contributed by atoms with Crippen LogP contribution < -0.4 is 0 Å². The summed E-state index contributed by atoms with van der Waals surface area (Å²) >= 11 is 0. The van der Waals surface area contributed by atoms with Crippen LogP contribution in [-0.4, -0.2) is 37.0 Å². The molecule has 0 radical (unpaired) electrons. The molecule has 3 aliphatic heterocycles. The number of methoxy groups -OCH3 is 1. The van der Waals surface area contributed by atoms with E-state index in [2.05, 4.69) is 4.74 Å². The Hall–Kier alpha value is -1.06. The normalized spacial score (nSPS) is 32.1. The molecule has 3 saturated heterocycles. The Morgan fingerprint density at radius 2 is 2.08 bits per heavy atom. The van der Waals surface area contributed by atoms with Gasteiger partial charge in [0.25, 0.3) is 0 Å². The lowest BCUT2D eigenvalue weighted by atomic mass is 9.78. The molecule has 3 rings (SSSR count). The Morgan fingerprint density at radius 3 is 2.54 bits per heavy atom. The number of rotatable bonds is 1. The second kappa shape index (κ2) is 3.01. The van der Waals surface area contributed by atoms with Gasteiger partial charge in [0.15, 0.2) is 0 Å². The van der Waals surface area contributed by atoms with Gasteiger partial charge in [0.2, 0.25) is 5.91 Å². The maximum Gasteiger partial charge on any atom is 0.318 e. The number of ether oxygens (including phenoxy) is 1. The van der Waals surface area contributed by atoms with Gasteiger partial charge >= 0.3 is 5.97 Å². The van der Waals surface area contributed by atoms with E-state index in [1.54, 1.807) is 4.90 Å². The fraction of sp³-hybridized carbons (Fsp3) is 0.778. The Kier molecular flexibility index (Phi) is 1.98. The van der Waals surface area contributed by atoms with Crippen LogP contribution >= 0.6 is 0 Å². The van der Waals surface area contributed by atoms with Crippen molar-refractivity contribution < 1.29 is 14.3 Å². The summed E-state index contributed by atoms with van der Waals surface area (Å²) < 4.78 is 4.63. The number of fused-ring (bicyclic) bond motifs is 3. The molecule has 3 fully saturated rings. The quantitative estimate of drug-likeness (QED) is 0.425. The van der Waals surface area contributed by atoms with E-state index in [9.17, 15) is 9.59 Å². The topological polar surface area (TPSA) is 46.6 Å². The highest BCUT2D eigenvalue weighted by Crippen LogP contribution is 2.33. The van der Waals surface area contributed by atoms with Gasteiger partial charge in [-0.1, -0.05) is 0 Å². The summed E-state index contributed by atoms with van der Waals surface area (Å²) in [6.07, 6.45) is 1.90. The molecule has 3 heterocycles. The molecule has 0 N–H and O–H groups in total. The lowest BCUT2D eigenvalue weighted by Crippen LogP contribution is -2.54. The highest BCUT2D eigenvalue weighted by molar-refractivity contribution is 5.99. The molecule has 4 nitrogen and oxygen atoms in total. The van der Waals surface area contributed by atoms with Crippen molar-refractivity contribution in [3.8, 4) is 0 Å². The van der Waals surface area contributed by atoms with Gasteiger partial charge in [0.05, 0.1) is 7.11 Å². The number of hydrogen-bond acceptors (Lipinski definition) is 3. The van der Waals surface area contributed by atoms with Crippen LogP contribution in [0.15, 0.2) is 0 Å². The van der Waals surface area contributed by atoms with Crippen LogP contribution in [0.25, 0.3) is 0 Å². The third-order valence-corrected chi connectivity index (χ3v) is 3.04. The standard InChI is InChI=1S/C9H13NO3/c1-13-9(12)7-6-2-4-10(5-3-6)8(7)11/h6-7H,2-5H2,1H3/t7-/m0/s1. The number of amides is 1. The van der Waals surface area contributed by atoms with E-state index in [1.165, 1.54) is 7.11 Å². The van der Waals surface area contributed by atoms with Gasteiger partial charge in [-0.05, 0) is 18.8 Å². The van der Waals surface area contributed by atoms with E-state index in [0.29, 0.717) is 0 Å². The van der Waals surface area contributed by atoms with Crippen LogP contribution in [0.4, 0.5) is 0 Å². The highest BCUT2D eigenvalue weighted by atomic mass is 16.5. The lowest BCUT2D eigenvalue weighted by molar-refractivity contribution is -0.163. The molecule has 0 saturated carbocycles. The number of piperidine rings is 3. The summed E-state index contributed by atoms with van der Waals surface area (Å²) in [6, 6.07) is 0. The van der Waals surface area contributed by atoms with Crippen LogP contribution in [-0.2, 0) is 14.3 Å². The molecular formula is C9H13NO3. The van der Waals surface area contributed by atoms with Gasteiger partial charge in [-0.15, -0.1) is 0 Å². The van der Waals surface area contributed by atoms with E-state index in [1.807, 2.05) is 0 Å². The van der Waals surface area contributed by atoms with Gasteiger partial charge in [-0.2, -0.15) is 0 Å². The Morgan fingerprint density at radius 1 is 1.46 bits per heavy atom. The monoisotopic (exact) mass is 183 g/mol. The molecule has 2 bridgehead atoms. The lowest BCUT2D eigenvalue weighted by Gasteiger charge is -2.42. The molecule has 0 aromatic heterocycles. The molecule has 0 unspecified atom stereocenters. The largest absolute Gasteiger partial charge is 0.468 e. The van der Waals surface area contributed by atoms with Crippen LogP contribution in [0.5, 0.6) is 0 Å². The van der Waals surface area contributed by atoms with Crippen molar-refractivity contribution >= 4 is 11.9 Å². The van der Waals surface area contributed by atoms with Crippen molar-refractivity contribution in [1.82, 2.24) is 4.90 Å². The van der Waals surface area contributed by atoms with Gasteiger partial charge in [0, 0.05) is 13.1 Å². The maximum atomic E-state index is 11.6. The first kappa shape index (κ1) is 8.53. The molecule has 0 aromatic rings. The van der Waals surface area contributed by atoms with Crippen molar-refractivity contribution in [2.45, 2.75) is 12.8 Å². The number of esters is 1. The third kappa shape index (κ3) is 1.20. The molecule has 1 amide bonds. The smallest absolute Gasteiger partial charge is 0.318 e. The SMILES string of the molecule is COC(=O)[C@@H]1C(=O)N2CCC1CC2. The molecule has 4 heteroatoms. The summed E-state index contributed by atoms with van der Waals surface area (Å²) in [5, 5.41) is 0. The summed E-state index contributed by atoms with van der Waals surface area (Å²) in [5.41, 5.74) is 0. The number of nitrogens with zero attached hydrogens (tertiary/aromatic N) is 1. The summed E-state index contributed by atoms with van der Waals surface area (Å²) in [6.45, 7) is 1.63. The first-order valence-corrected chi connectivity index (χ1v) is 4.60. The minimum absolute atomic E-state index is 0.0330. The van der Waals surface area contributed by atoms with Crippen LogP contribution in [0.1, 0.15) is 12.8 Å². The van der Waals surface area contributed by atoms with Gasteiger partial charge in [0.1, 0.15) is 5.92 Å². The fourth-order valence-electron chi connectivity index (χ4n) is 2.27. The molecule has 0 spiro atoms. The highest BCUT2D eigenvalue weighted by Gasteiger charge is 2.45. The predicted octanol–water partition coefficient (Wildman–Crippen LogP) is 0.0278. The summed E-state index contributed by atoms with van der Waals surface area (Å²) in [7, 11) is 1.34. The average molecular weight is 183 g/mol. The number of hydrogen-bond donors (Lipinski definition) is 0. The Balaban J connectivity index is 2.18. The Bertz CT molecular complexity index is 243. The van der Waals surface area contributed by atoms with E-state index in [0.717, 1.165) is 25.9 Å². The molecule has 13 heavy (non-hydrogen) atoms. The second-order valence-corrected chi connectivity index (χ2v) is 3.66. The zero-order valence-corrected chi connectivity index (χ0v) is 7.66. The zero-order valence-electron chi connectivity index (χ0n) is 7.66. The van der Waals surface area contributed by atoms with E-state index < -0.39 is 5.92 Å². The molecule has 0 aliphatic carbocycles. The fourth-order valence-corrected chi connectivity index (χ4v) is 2.27. The maximum absolute atomic E-state index is 11.6. The first-order valence-electron chi connectivity index (χ1n) is 4.60. The summed E-state index contributed by atoms with van der Waals surface area (Å²) in [5.74, 6) is -0.675. The van der Waals surface area contributed by atoms with Gasteiger partial charge < -0.3 is 9.64 Å². The van der Waals surface area contributed by atoms with E-state index in [-0.39, 0.29) is 17.8 Å². The van der Waals surface area contributed by atoms with Crippen molar-refractivity contribution in [3.05, 3.63) is 0 Å². The molecule has 0 aromatic carbocycles. The third-order valence-electron chi connectivity index (χ3n) is 3.04. The first-order chi connectivity index (χ1) is 6.24. The minimum Gasteiger partial charge on any atom is -0.468 e. The molecular weight excluding hydrogens is 170 g/mol. The number of carbonyl (C=O) groups excluding carboxylic acids is 2. The average Bonchev–Trinajstić information content (AvgIpc) is 2.18. The van der Waals surface area contributed by atoms with E-state index in [4.69, 9.17) is 0 Å². The predicted molar refractivity (Wildman–Crippen MR) is 44.8 cm³/mol. The molecule has 3 aliphatic rings. The zero-order chi connectivity index (χ0) is 9.42. The minimum atomic E-state index is -0.507. The number of carbonyl (C=O) groups is 2. The Labute approximate surface area is 76.8 Å². The van der Waals surface area contributed by atoms with Crippen LogP contribution in [0, 0.1) is 11.8 Å². The van der Waals surface area contributed by atoms with Crippen LogP contribution in [0.3, 0.4) is 0 Å². The van der Waals surface area contributed by atoms with Crippen molar-refractivity contribution in [1.29, 1.82) is 0 Å². The van der Waals surface area contributed by atoms with Crippen molar-refractivity contribution in [2.75, 3.05) is 20.2 Å². The summed E-state index contributed by atoms with van der Waals surface area (Å²) in [4.78, 5) is 24.7.